The van der Waals surface area contributed by atoms with Gasteiger partial charge in [-0.05, 0) is 42.5 Å². The second-order valence-electron chi connectivity index (χ2n) is 7.63. The molecule has 1 heterocycles. The second-order valence-corrected chi connectivity index (χ2v) is 7.63. The lowest BCUT2D eigenvalue weighted by molar-refractivity contribution is -0.136. The number of carbonyl (C=O) groups is 2. The zero-order valence-corrected chi connectivity index (χ0v) is 20.1. The molecule has 0 aliphatic carbocycles. The van der Waals surface area contributed by atoms with Crippen LogP contribution < -0.4 is 29.6 Å². The van der Waals surface area contributed by atoms with E-state index in [9.17, 15) is 14.0 Å². The maximum Gasteiger partial charge on any atom is 0.313 e. The number of halogens is 1. The third kappa shape index (κ3) is 6.04. The minimum Gasteiger partial charge on any atom is -0.493 e. The van der Waals surface area contributed by atoms with E-state index in [0.29, 0.717) is 33.9 Å². The Kier molecular flexibility index (Phi) is 7.99. The van der Waals surface area contributed by atoms with Crippen LogP contribution in [0.4, 0.5) is 10.1 Å². The number of carbonyl (C=O) groups excluding carboxylic acids is 2. The van der Waals surface area contributed by atoms with Crippen molar-refractivity contribution >= 4 is 28.4 Å². The Balaban J connectivity index is 1.37. The van der Waals surface area contributed by atoms with E-state index in [0.717, 1.165) is 6.07 Å². The van der Waals surface area contributed by atoms with E-state index in [4.69, 9.17) is 18.9 Å². The lowest BCUT2D eigenvalue weighted by atomic mass is 10.1. The fourth-order valence-electron chi connectivity index (χ4n) is 3.49. The van der Waals surface area contributed by atoms with Crippen molar-refractivity contribution < 1.29 is 32.9 Å². The quantitative estimate of drug-likeness (QED) is 0.258. The zero-order chi connectivity index (χ0) is 26.2. The summed E-state index contributed by atoms with van der Waals surface area (Å²) >= 11 is 0. The van der Waals surface area contributed by atoms with Crippen LogP contribution in [-0.4, -0.2) is 44.2 Å². The number of fused-ring (bicyclic) bond motifs is 1. The van der Waals surface area contributed by atoms with Gasteiger partial charge >= 0.3 is 11.8 Å². The van der Waals surface area contributed by atoms with E-state index in [1.165, 1.54) is 32.5 Å². The standard InChI is InChI=1S/C27H24FN3O6/c1-34-23-11-9-19-21(12-13-29-24(19)25(23)35-2)37-22-10-8-17(16-20(22)28)31-27(33)26(32)30-14-15-36-18-6-4-3-5-7-18/h3-13,16H,14-15H2,1-2H3,(H,30,32)(H,31,33). The molecular weight excluding hydrogens is 481 g/mol. The first kappa shape index (κ1) is 25.2. The average molecular weight is 506 g/mol. The van der Waals surface area contributed by atoms with Gasteiger partial charge in [0, 0.05) is 23.3 Å². The van der Waals surface area contributed by atoms with E-state index < -0.39 is 17.6 Å². The van der Waals surface area contributed by atoms with Gasteiger partial charge < -0.3 is 29.6 Å². The summed E-state index contributed by atoms with van der Waals surface area (Å²) in [7, 11) is 3.02. The maximum atomic E-state index is 14.8. The minimum absolute atomic E-state index is 0.0807. The summed E-state index contributed by atoms with van der Waals surface area (Å²) in [5.74, 6) is -0.703. The summed E-state index contributed by atoms with van der Waals surface area (Å²) in [5, 5.41) is 5.40. The van der Waals surface area contributed by atoms with Crippen molar-refractivity contribution in [1.29, 1.82) is 0 Å². The molecule has 0 spiro atoms. The Morgan fingerprint density at radius 2 is 1.68 bits per heavy atom. The molecule has 0 aliphatic rings. The molecule has 9 nitrogen and oxygen atoms in total. The summed E-state index contributed by atoms with van der Waals surface area (Å²) < 4.78 is 36.7. The molecule has 4 rings (SSSR count). The van der Waals surface area contributed by atoms with Crippen LogP contribution in [0, 0.1) is 5.82 Å². The van der Waals surface area contributed by atoms with Gasteiger partial charge in [0.15, 0.2) is 23.1 Å². The monoisotopic (exact) mass is 505 g/mol. The minimum atomic E-state index is -0.936. The highest BCUT2D eigenvalue weighted by Gasteiger charge is 2.17. The number of nitrogens with zero attached hydrogens (tertiary/aromatic N) is 1. The molecule has 0 unspecified atom stereocenters. The number of para-hydroxylation sites is 1. The molecule has 2 amide bonds. The number of hydrogen-bond donors (Lipinski definition) is 2. The summed E-state index contributed by atoms with van der Waals surface area (Å²) in [4.78, 5) is 28.5. The number of methoxy groups -OCH3 is 2. The second kappa shape index (κ2) is 11.7. The third-order valence-electron chi connectivity index (χ3n) is 5.23. The van der Waals surface area contributed by atoms with E-state index >= 15 is 0 Å². The molecule has 0 aliphatic heterocycles. The van der Waals surface area contributed by atoms with E-state index in [2.05, 4.69) is 15.6 Å². The van der Waals surface area contributed by atoms with Crippen molar-refractivity contribution in [3.8, 4) is 28.7 Å². The highest BCUT2D eigenvalue weighted by Crippen LogP contribution is 2.39. The number of hydrogen-bond acceptors (Lipinski definition) is 7. The first-order valence-electron chi connectivity index (χ1n) is 11.2. The summed E-state index contributed by atoms with van der Waals surface area (Å²) in [6.45, 7) is 0.310. The lowest BCUT2D eigenvalue weighted by Gasteiger charge is -2.14. The van der Waals surface area contributed by atoms with E-state index in [-0.39, 0.29) is 24.6 Å². The fraction of sp³-hybridized carbons (Fsp3) is 0.148. The van der Waals surface area contributed by atoms with Crippen LogP contribution in [0.2, 0.25) is 0 Å². The number of benzene rings is 3. The van der Waals surface area contributed by atoms with Gasteiger partial charge in [-0.2, -0.15) is 0 Å². The van der Waals surface area contributed by atoms with Gasteiger partial charge in [0.2, 0.25) is 0 Å². The zero-order valence-electron chi connectivity index (χ0n) is 20.1. The Hall–Kier alpha value is -4.86. The van der Waals surface area contributed by atoms with Crippen LogP contribution in [0.1, 0.15) is 0 Å². The predicted octanol–water partition coefficient (Wildman–Crippen LogP) is 4.32. The molecular formula is C27H24FN3O6. The summed E-state index contributed by atoms with van der Waals surface area (Å²) in [5.41, 5.74) is 0.584. The Morgan fingerprint density at radius 1 is 0.892 bits per heavy atom. The number of pyridine rings is 1. The van der Waals surface area contributed by atoms with Crippen LogP contribution >= 0.6 is 0 Å². The van der Waals surface area contributed by atoms with Gasteiger partial charge in [-0.1, -0.05) is 18.2 Å². The molecule has 1 aromatic heterocycles. The molecule has 0 saturated heterocycles. The molecule has 0 fully saturated rings. The molecule has 37 heavy (non-hydrogen) atoms. The van der Waals surface area contributed by atoms with Gasteiger partial charge in [0.25, 0.3) is 0 Å². The highest BCUT2D eigenvalue weighted by molar-refractivity contribution is 6.39. The Morgan fingerprint density at radius 3 is 2.41 bits per heavy atom. The smallest absolute Gasteiger partial charge is 0.313 e. The third-order valence-corrected chi connectivity index (χ3v) is 5.23. The van der Waals surface area contributed by atoms with Crippen molar-refractivity contribution in [1.82, 2.24) is 10.3 Å². The summed E-state index contributed by atoms with van der Waals surface area (Å²) in [6, 6.07) is 17.9. The van der Waals surface area contributed by atoms with Gasteiger partial charge in [0.05, 0.1) is 20.8 Å². The maximum absolute atomic E-state index is 14.8. The summed E-state index contributed by atoms with van der Waals surface area (Å²) in [6.07, 6.45) is 1.51. The molecule has 0 atom stereocenters. The van der Waals surface area contributed by atoms with Crippen LogP contribution in [0.3, 0.4) is 0 Å². The molecule has 10 heteroatoms. The van der Waals surface area contributed by atoms with Gasteiger partial charge in [0.1, 0.15) is 23.6 Å². The molecule has 190 valence electrons. The van der Waals surface area contributed by atoms with E-state index in [1.807, 2.05) is 18.2 Å². The number of rotatable bonds is 9. The van der Waals surface area contributed by atoms with Crippen LogP contribution in [0.5, 0.6) is 28.7 Å². The first-order chi connectivity index (χ1) is 18.0. The van der Waals surface area contributed by atoms with Crippen molar-refractivity contribution in [2.75, 3.05) is 32.7 Å². The van der Waals surface area contributed by atoms with Crippen molar-refractivity contribution in [2.24, 2.45) is 0 Å². The SMILES string of the molecule is COc1ccc2c(Oc3ccc(NC(=O)C(=O)NCCOc4ccccc4)cc3F)ccnc2c1OC. The number of anilines is 1. The van der Waals surface area contributed by atoms with Crippen LogP contribution in [-0.2, 0) is 9.59 Å². The molecule has 2 N–H and O–H groups in total. The average Bonchev–Trinajstić information content (AvgIpc) is 2.92. The topological polar surface area (TPSA) is 108 Å². The normalized spacial score (nSPS) is 10.5. The number of nitrogens with one attached hydrogen (secondary N) is 2. The molecule has 0 bridgehead atoms. The molecule has 0 saturated carbocycles. The number of aromatic nitrogens is 1. The number of ether oxygens (including phenoxy) is 4. The van der Waals surface area contributed by atoms with Crippen LogP contribution in [0.15, 0.2) is 72.9 Å². The Bertz CT molecular complexity index is 1410. The van der Waals surface area contributed by atoms with E-state index in [1.54, 1.807) is 30.3 Å². The van der Waals surface area contributed by atoms with Gasteiger partial charge in [-0.25, -0.2) is 4.39 Å². The molecule has 0 radical (unpaired) electrons. The Labute approximate surface area is 212 Å². The predicted molar refractivity (Wildman–Crippen MR) is 135 cm³/mol. The van der Waals surface area contributed by atoms with Crippen LogP contribution in [0.25, 0.3) is 10.9 Å². The largest absolute Gasteiger partial charge is 0.493 e. The van der Waals surface area contributed by atoms with Gasteiger partial charge in [-0.15, -0.1) is 0 Å². The lowest BCUT2D eigenvalue weighted by Crippen LogP contribution is -2.37. The van der Waals surface area contributed by atoms with Crippen molar-refractivity contribution in [3.05, 3.63) is 78.7 Å². The van der Waals surface area contributed by atoms with Crippen molar-refractivity contribution in [3.63, 3.8) is 0 Å². The molecule has 3 aromatic carbocycles. The molecule has 4 aromatic rings. The first-order valence-corrected chi connectivity index (χ1v) is 11.2. The van der Waals surface area contributed by atoms with Gasteiger partial charge in [-0.3, -0.25) is 14.6 Å². The highest BCUT2D eigenvalue weighted by atomic mass is 19.1. The number of amides is 2. The van der Waals surface area contributed by atoms with Crippen molar-refractivity contribution in [2.45, 2.75) is 0 Å². The fourth-order valence-corrected chi connectivity index (χ4v) is 3.49.